The van der Waals surface area contributed by atoms with Crippen LogP contribution in [0.25, 0.3) is 35.9 Å². The molecule has 0 saturated carbocycles. The largest absolute Gasteiger partial charge is 0.494 e. The highest BCUT2D eigenvalue weighted by atomic mass is 32.1. The SMILES string of the molecule is Oc1c2c(c(O)n1-c1ccccc1)[C@@H]1c3ccccc3[C@H]2c2sc3c(sc4cc5ccccc5cc43)c21. The summed E-state index contributed by atoms with van der Waals surface area (Å²) in [5, 5.41) is 27.1. The molecule has 2 N–H and O–H groups in total. The number of hydrogen-bond acceptors (Lipinski definition) is 4. The Morgan fingerprint density at radius 2 is 1.22 bits per heavy atom. The van der Waals surface area contributed by atoms with Gasteiger partial charge in [-0.05, 0) is 51.7 Å². The van der Waals surface area contributed by atoms with E-state index < -0.39 is 0 Å². The Morgan fingerprint density at radius 1 is 0.595 bits per heavy atom. The predicted molar refractivity (Wildman–Crippen MR) is 152 cm³/mol. The third-order valence-corrected chi connectivity index (χ3v) is 10.8. The monoisotopic (exact) mass is 513 g/mol. The number of nitrogens with zero attached hydrogens (tertiary/aromatic N) is 1. The van der Waals surface area contributed by atoms with E-state index in [0.29, 0.717) is 0 Å². The summed E-state index contributed by atoms with van der Waals surface area (Å²) in [4.78, 5) is 1.30. The Labute approximate surface area is 220 Å². The van der Waals surface area contributed by atoms with E-state index in [9.17, 15) is 10.2 Å². The zero-order valence-corrected chi connectivity index (χ0v) is 21.1. The summed E-state index contributed by atoms with van der Waals surface area (Å²) in [6, 6.07) is 31.4. The van der Waals surface area contributed by atoms with Gasteiger partial charge in [-0.15, -0.1) is 22.7 Å². The van der Waals surface area contributed by atoms with Gasteiger partial charge in [-0.1, -0.05) is 66.7 Å². The first-order valence-corrected chi connectivity index (χ1v) is 14.0. The Hall–Kier alpha value is -4.06. The van der Waals surface area contributed by atoms with Gasteiger partial charge in [-0.25, -0.2) is 0 Å². The van der Waals surface area contributed by atoms with Crippen LogP contribution in [-0.4, -0.2) is 14.8 Å². The first kappa shape index (κ1) is 20.0. The van der Waals surface area contributed by atoms with Crippen molar-refractivity contribution in [1.82, 2.24) is 4.57 Å². The van der Waals surface area contributed by atoms with E-state index in [1.165, 1.54) is 51.8 Å². The summed E-state index contributed by atoms with van der Waals surface area (Å²) in [7, 11) is 0. The van der Waals surface area contributed by atoms with Gasteiger partial charge in [0.15, 0.2) is 0 Å². The number of rotatable bonds is 1. The maximum absolute atomic E-state index is 11.7. The van der Waals surface area contributed by atoms with Crippen molar-refractivity contribution in [1.29, 1.82) is 0 Å². The Morgan fingerprint density at radius 3 is 1.97 bits per heavy atom. The van der Waals surface area contributed by atoms with Crippen LogP contribution in [0, 0.1) is 0 Å². The van der Waals surface area contributed by atoms with Crippen LogP contribution in [0.15, 0.2) is 91.0 Å². The van der Waals surface area contributed by atoms with E-state index in [0.717, 1.165) is 16.8 Å². The standard InChI is InChI=1S/C32H19NO2S2/c34-31-25-23-19-12-6-7-13-20(19)24(26(25)32(35)33(31)18-10-2-1-3-11-18)29-27(23)30-28(37-29)21-14-16-8-4-5-9-17(16)15-22(21)36-30/h1-15,23-24,34-35H/t23-,24+/m0/s1. The molecule has 176 valence electrons. The van der Waals surface area contributed by atoms with E-state index in [-0.39, 0.29) is 23.6 Å². The second-order valence-corrected chi connectivity index (χ2v) is 12.1. The normalized spacial score (nSPS) is 17.4. The molecule has 0 saturated heterocycles. The molecule has 2 bridgehead atoms. The van der Waals surface area contributed by atoms with Crippen molar-refractivity contribution in [3.8, 4) is 17.4 Å². The van der Waals surface area contributed by atoms with Crippen molar-refractivity contribution in [3.63, 3.8) is 0 Å². The van der Waals surface area contributed by atoms with Crippen LogP contribution >= 0.6 is 22.7 Å². The Kier molecular flexibility index (Phi) is 3.70. The molecule has 0 radical (unpaired) electrons. The van der Waals surface area contributed by atoms with Crippen molar-refractivity contribution in [3.05, 3.63) is 124 Å². The van der Waals surface area contributed by atoms with Crippen molar-refractivity contribution in [2.45, 2.75) is 11.8 Å². The Balaban J connectivity index is 1.39. The lowest BCUT2D eigenvalue weighted by atomic mass is 9.65. The fourth-order valence-electron chi connectivity index (χ4n) is 6.70. The van der Waals surface area contributed by atoms with Crippen LogP contribution in [0.1, 0.15) is 44.5 Å². The zero-order chi connectivity index (χ0) is 24.4. The lowest BCUT2D eigenvalue weighted by molar-refractivity contribution is 0.399. The van der Waals surface area contributed by atoms with Gasteiger partial charge in [-0.2, -0.15) is 0 Å². The van der Waals surface area contributed by atoms with Crippen molar-refractivity contribution in [2.75, 3.05) is 0 Å². The molecule has 0 spiro atoms. The molecule has 2 atom stereocenters. The summed E-state index contributed by atoms with van der Waals surface area (Å²) < 4.78 is 5.54. The van der Waals surface area contributed by atoms with Gasteiger partial charge in [-0.3, -0.25) is 4.57 Å². The minimum absolute atomic E-state index is 0.0952. The molecule has 3 aliphatic rings. The fraction of sp³-hybridized carbons (Fsp3) is 0.0625. The topological polar surface area (TPSA) is 45.4 Å². The molecule has 4 aromatic carbocycles. The first-order chi connectivity index (χ1) is 18.2. The van der Waals surface area contributed by atoms with E-state index in [2.05, 4.69) is 60.7 Å². The van der Waals surface area contributed by atoms with Crippen LogP contribution < -0.4 is 0 Å². The second kappa shape index (κ2) is 6.82. The van der Waals surface area contributed by atoms with Crippen molar-refractivity contribution in [2.24, 2.45) is 0 Å². The molecule has 3 aromatic heterocycles. The van der Waals surface area contributed by atoms with Gasteiger partial charge < -0.3 is 10.2 Å². The fourth-order valence-corrected chi connectivity index (χ4v) is 9.69. The van der Waals surface area contributed by atoms with Gasteiger partial charge in [0.2, 0.25) is 11.8 Å². The summed E-state index contributed by atoms with van der Waals surface area (Å²) in [6.07, 6.45) is 0. The average molecular weight is 514 g/mol. The summed E-state index contributed by atoms with van der Waals surface area (Å²) in [5.74, 6) is 0.0713. The molecule has 3 nitrogen and oxygen atoms in total. The van der Waals surface area contributed by atoms with Crippen LogP contribution in [0.4, 0.5) is 0 Å². The number of fused-ring (bicyclic) bond motifs is 4. The number of aromatic nitrogens is 1. The summed E-state index contributed by atoms with van der Waals surface area (Å²) in [5.41, 5.74) is 6.23. The average Bonchev–Trinajstić information content (AvgIpc) is 3.56. The molecule has 37 heavy (non-hydrogen) atoms. The summed E-state index contributed by atoms with van der Waals surface area (Å²) in [6.45, 7) is 0. The molecule has 0 aliphatic heterocycles. The van der Waals surface area contributed by atoms with Gasteiger partial charge >= 0.3 is 0 Å². The van der Waals surface area contributed by atoms with Gasteiger partial charge in [0.05, 0.1) is 15.1 Å². The van der Waals surface area contributed by atoms with Crippen LogP contribution in [0.5, 0.6) is 11.8 Å². The number of hydrogen-bond donors (Lipinski definition) is 2. The minimum atomic E-state index is -0.113. The number of thiophene rings is 2. The maximum atomic E-state index is 11.7. The maximum Gasteiger partial charge on any atom is 0.203 e. The lowest BCUT2D eigenvalue weighted by Crippen LogP contribution is -2.24. The molecule has 10 rings (SSSR count). The highest BCUT2D eigenvalue weighted by molar-refractivity contribution is 7.33. The smallest absolute Gasteiger partial charge is 0.203 e. The molecular formula is C32H19NO2S2. The third kappa shape index (κ3) is 2.37. The van der Waals surface area contributed by atoms with Crippen molar-refractivity contribution < 1.29 is 10.2 Å². The molecular weight excluding hydrogens is 494 g/mol. The molecule has 0 amide bonds. The van der Waals surface area contributed by atoms with Gasteiger partial charge in [0.1, 0.15) is 0 Å². The van der Waals surface area contributed by atoms with Gasteiger partial charge in [0, 0.05) is 37.9 Å². The van der Waals surface area contributed by atoms with E-state index in [1.807, 2.05) is 53.0 Å². The molecule has 7 aromatic rings. The quantitative estimate of drug-likeness (QED) is 0.231. The number of benzene rings is 4. The van der Waals surface area contributed by atoms with E-state index in [4.69, 9.17) is 0 Å². The number of para-hydroxylation sites is 1. The zero-order valence-electron chi connectivity index (χ0n) is 19.5. The molecule has 3 heterocycles. The number of aromatic hydroxyl groups is 2. The van der Waals surface area contributed by atoms with Crippen LogP contribution in [-0.2, 0) is 0 Å². The molecule has 0 unspecified atom stereocenters. The second-order valence-electron chi connectivity index (χ2n) is 9.98. The lowest BCUT2D eigenvalue weighted by Gasteiger charge is -2.38. The van der Waals surface area contributed by atoms with Gasteiger partial charge in [0.25, 0.3) is 0 Å². The van der Waals surface area contributed by atoms with E-state index >= 15 is 0 Å². The summed E-state index contributed by atoms with van der Waals surface area (Å²) >= 11 is 3.72. The Bertz CT molecular complexity index is 2080. The minimum Gasteiger partial charge on any atom is -0.494 e. The highest BCUT2D eigenvalue weighted by Crippen LogP contribution is 2.65. The van der Waals surface area contributed by atoms with Crippen LogP contribution in [0.3, 0.4) is 0 Å². The predicted octanol–water partition coefficient (Wildman–Crippen LogP) is 8.46. The van der Waals surface area contributed by atoms with Crippen LogP contribution in [0.2, 0.25) is 0 Å². The molecule has 3 aliphatic carbocycles. The van der Waals surface area contributed by atoms with E-state index in [1.54, 1.807) is 4.57 Å². The molecule has 0 fully saturated rings. The third-order valence-electron chi connectivity index (χ3n) is 8.19. The van der Waals surface area contributed by atoms with Crippen molar-refractivity contribution >= 4 is 52.9 Å². The first-order valence-electron chi connectivity index (χ1n) is 12.4. The highest BCUT2D eigenvalue weighted by Gasteiger charge is 2.49. The molecule has 5 heteroatoms.